The third kappa shape index (κ3) is 2.47. The molecule has 7 nitrogen and oxygen atoms in total. The van der Waals surface area contributed by atoms with Gasteiger partial charge in [0, 0.05) is 0 Å². The van der Waals surface area contributed by atoms with Gasteiger partial charge in [0.15, 0.2) is 6.79 Å². The van der Waals surface area contributed by atoms with Crippen molar-refractivity contribution in [2.24, 2.45) is 5.73 Å². The highest BCUT2D eigenvalue weighted by Gasteiger charge is 2.51. The van der Waals surface area contributed by atoms with Gasteiger partial charge in [-0.1, -0.05) is 0 Å². The first-order chi connectivity index (χ1) is 6.68. The van der Waals surface area contributed by atoms with Crippen molar-refractivity contribution in [3.63, 3.8) is 0 Å². The Balaban J connectivity index is 5.29. The molecule has 0 fully saturated rings. The van der Waals surface area contributed by atoms with Crippen LogP contribution in [0.1, 0.15) is 13.8 Å². The number of nitrogens with two attached hydrogens (primary N) is 1. The zero-order valence-corrected chi connectivity index (χ0v) is 9.49. The van der Waals surface area contributed by atoms with Gasteiger partial charge in [0.25, 0.3) is 10.1 Å². The molecule has 5 N–H and O–H groups in total. The average molecular weight is 243 g/mol. The summed E-state index contributed by atoms with van der Waals surface area (Å²) in [6.45, 7) is -0.0807. The number of hydrogen-bond donors (Lipinski definition) is 4. The van der Waals surface area contributed by atoms with E-state index in [1.165, 1.54) is 13.8 Å². The highest BCUT2D eigenvalue weighted by molar-refractivity contribution is 7.88. The van der Waals surface area contributed by atoms with E-state index in [-0.39, 0.29) is 0 Å². The van der Waals surface area contributed by atoms with E-state index in [1.54, 1.807) is 0 Å². The van der Waals surface area contributed by atoms with Crippen LogP contribution < -0.4 is 5.73 Å². The number of aliphatic hydroxyl groups is 3. The molecule has 0 aliphatic carbocycles. The lowest BCUT2D eigenvalue weighted by Crippen LogP contribution is -2.66. The Morgan fingerprint density at radius 2 is 1.60 bits per heavy atom. The minimum absolute atomic E-state index is 0.732. The monoisotopic (exact) mass is 243 g/mol. The topological polar surface area (TPSA) is 130 Å². The van der Waals surface area contributed by atoms with E-state index >= 15 is 0 Å². The van der Waals surface area contributed by atoms with Crippen LogP contribution in [-0.4, -0.2) is 54.0 Å². The molecule has 0 amide bonds. The van der Waals surface area contributed by atoms with E-state index in [9.17, 15) is 8.42 Å². The van der Waals surface area contributed by atoms with E-state index < -0.39 is 40.4 Å². The summed E-state index contributed by atoms with van der Waals surface area (Å²) in [4.78, 5) is 0. The smallest absolute Gasteiger partial charge is 0.276 e. The molecule has 0 spiro atoms. The Morgan fingerprint density at radius 3 is 1.87 bits per heavy atom. The highest BCUT2D eigenvalue weighted by Crippen LogP contribution is 2.29. The summed E-state index contributed by atoms with van der Waals surface area (Å²) in [5.74, 6) is 0. The maximum atomic E-state index is 11.5. The normalized spacial score (nSPS) is 14.3. The van der Waals surface area contributed by atoms with Crippen molar-refractivity contribution in [1.29, 1.82) is 0 Å². The maximum Gasteiger partial charge on any atom is 0.276 e. The van der Waals surface area contributed by atoms with Crippen LogP contribution in [0, 0.1) is 0 Å². The number of rotatable bonds is 6. The summed E-state index contributed by atoms with van der Waals surface area (Å²) in [6.07, 6.45) is 0. The number of aliphatic hydroxyl groups excluding tert-OH is 3. The fourth-order valence-electron chi connectivity index (χ4n) is 0.896. The van der Waals surface area contributed by atoms with Gasteiger partial charge >= 0.3 is 0 Å². The van der Waals surface area contributed by atoms with Gasteiger partial charge in [0.2, 0.25) is 0 Å². The summed E-state index contributed by atoms with van der Waals surface area (Å²) < 4.78 is 25.5. The summed E-state index contributed by atoms with van der Waals surface area (Å²) in [5, 5.41) is 26.4. The first-order valence-corrected chi connectivity index (χ1v) is 5.60. The Kier molecular flexibility index (Phi) is 4.65. The van der Waals surface area contributed by atoms with Crippen molar-refractivity contribution in [2.75, 3.05) is 20.0 Å². The molecule has 0 aromatic rings. The second-order valence-electron chi connectivity index (χ2n) is 3.68. The van der Waals surface area contributed by atoms with Gasteiger partial charge in [-0.15, -0.1) is 0 Å². The molecular formula is C7H17NO6S. The van der Waals surface area contributed by atoms with Gasteiger partial charge in [0.1, 0.15) is 4.75 Å². The van der Waals surface area contributed by atoms with Gasteiger partial charge in [-0.25, -0.2) is 4.18 Å². The summed E-state index contributed by atoms with van der Waals surface area (Å²) in [5.41, 5.74) is 3.80. The molecule has 0 rings (SSSR count). The van der Waals surface area contributed by atoms with Gasteiger partial charge in [-0.2, -0.15) is 8.42 Å². The fourth-order valence-corrected chi connectivity index (χ4v) is 1.96. The largest absolute Gasteiger partial charge is 0.394 e. The molecule has 0 unspecified atom stereocenters. The third-order valence-corrected chi connectivity index (χ3v) is 4.67. The number of hydrogen-bond acceptors (Lipinski definition) is 7. The molecule has 92 valence electrons. The van der Waals surface area contributed by atoms with Crippen LogP contribution in [-0.2, 0) is 14.3 Å². The van der Waals surface area contributed by atoms with Crippen LogP contribution in [0.4, 0.5) is 0 Å². The summed E-state index contributed by atoms with van der Waals surface area (Å²) >= 11 is 0. The van der Waals surface area contributed by atoms with Crippen molar-refractivity contribution < 1.29 is 27.9 Å². The molecule has 15 heavy (non-hydrogen) atoms. The van der Waals surface area contributed by atoms with Crippen LogP contribution in [0.2, 0.25) is 0 Å². The van der Waals surface area contributed by atoms with Crippen LogP contribution in [0.25, 0.3) is 0 Å². The molecular weight excluding hydrogens is 226 g/mol. The SMILES string of the molecule is CC(C)(C(N)(CO)CO)S(=O)(=O)OCO. The first-order valence-electron chi connectivity index (χ1n) is 4.19. The molecule has 0 aliphatic heterocycles. The van der Waals surface area contributed by atoms with Crippen molar-refractivity contribution >= 4 is 10.1 Å². The van der Waals surface area contributed by atoms with E-state index in [0.717, 1.165) is 0 Å². The molecule has 0 aliphatic rings. The van der Waals surface area contributed by atoms with Crippen LogP contribution in [0.3, 0.4) is 0 Å². The lowest BCUT2D eigenvalue weighted by atomic mass is 9.88. The van der Waals surface area contributed by atoms with Crippen LogP contribution in [0.15, 0.2) is 0 Å². The summed E-state index contributed by atoms with van der Waals surface area (Å²) in [7, 11) is -4.19. The predicted molar refractivity (Wildman–Crippen MR) is 52.3 cm³/mol. The third-order valence-electron chi connectivity index (χ3n) is 2.60. The Morgan fingerprint density at radius 1 is 1.20 bits per heavy atom. The van der Waals surface area contributed by atoms with Crippen molar-refractivity contribution in [3.05, 3.63) is 0 Å². The zero-order chi connectivity index (χ0) is 12.3. The Labute approximate surface area is 88.6 Å². The van der Waals surface area contributed by atoms with Crippen molar-refractivity contribution in [2.45, 2.75) is 24.1 Å². The van der Waals surface area contributed by atoms with E-state index in [2.05, 4.69) is 4.18 Å². The lowest BCUT2D eigenvalue weighted by Gasteiger charge is -2.39. The van der Waals surface area contributed by atoms with Crippen LogP contribution >= 0.6 is 0 Å². The second kappa shape index (κ2) is 4.73. The highest BCUT2D eigenvalue weighted by atomic mass is 32.2. The fraction of sp³-hybridized carbons (Fsp3) is 1.00. The minimum atomic E-state index is -4.19. The average Bonchev–Trinajstić information content (AvgIpc) is 2.16. The second-order valence-corrected chi connectivity index (χ2v) is 5.85. The Hall–Kier alpha value is -0.250. The maximum absolute atomic E-state index is 11.5. The zero-order valence-electron chi connectivity index (χ0n) is 8.67. The lowest BCUT2D eigenvalue weighted by molar-refractivity contribution is 0.0727. The molecule has 0 atom stereocenters. The molecule has 0 aromatic carbocycles. The molecule has 0 heterocycles. The molecule has 0 saturated carbocycles. The van der Waals surface area contributed by atoms with Gasteiger partial charge in [-0.3, -0.25) is 0 Å². The van der Waals surface area contributed by atoms with Gasteiger partial charge in [-0.05, 0) is 13.8 Å². The van der Waals surface area contributed by atoms with Gasteiger partial charge < -0.3 is 21.1 Å². The van der Waals surface area contributed by atoms with Crippen molar-refractivity contribution in [3.8, 4) is 0 Å². The van der Waals surface area contributed by atoms with E-state index in [0.29, 0.717) is 0 Å². The first kappa shape index (κ1) is 14.8. The van der Waals surface area contributed by atoms with Gasteiger partial charge in [0.05, 0.1) is 18.8 Å². The quantitative estimate of drug-likeness (QED) is 0.306. The molecule has 0 radical (unpaired) electrons. The Bertz CT molecular complexity index is 295. The molecule has 0 saturated heterocycles. The van der Waals surface area contributed by atoms with E-state index in [1.807, 2.05) is 0 Å². The predicted octanol–water partition coefficient (Wildman–Crippen LogP) is -2.26. The minimum Gasteiger partial charge on any atom is -0.394 e. The molecule has 0 aromatic heterocycles. The van der Waals surface area contributed by atoms with Crippen LogP contribution in [0.5, 0.6) is 0 Å². The van der Waals surface area contributed by atoms with Crippen molar-refractivity contribution in [1.82, 2.24) is 0 Å². The van der Waals surface area contributed by atoms with E-state index in [4.69, 9.17) is 21.1 Å². The summed E-state index contributed by atoms with van der Waals surface area (Å²) in [6, 6.07) is 0. The standard InChI is InChI=1S/C7H17NO6S/c1-6(2,7(8,3-9)4-10)15(12,13)14-5-11/h9-11H,3-5,8H2,1-2H3. The molecule has 0 bridgehead atoms. The molecule has 8 heteroatoms.